The van der Waals surface area contributed by atoms with Crippen LogP contribution in [0.15, 0.2) is 0 Å². The van der Waals surface area contributed by atoms with Gasteiger partial charge in [0.1, 0.15) is 0 Å². The second-order valence-corrected chi connectivity index (χ2v) is 5.22. The van der Waals surface area contributed by atoms with Crippen LogP contribution >= 0.6 is 0 Å². The molecular weight excluding hydrogens is 200 g/mol. The van der Waals surface area contributed by atoms with Gasteiger partial charge in [0, 0.05) is 19.7 Å². The Morgan fingerprint density at radius 1 is 1.44 bits per heavy atom. The molecule has 3 nitrogen and oxygen atoms in total. The summed E-state index contributed by atoms with van der Waals surface area (Å²) in [6, 6.07) is 0. The fourth-order valence-corrected chi connectivity index (χ4v) is 2.14. The van der Waals surface area contributed by atoms with Gasteiger partial charge in [-0.15, -0.1) is 0 Å². The summed E-state index contributed by atoms with van der Waals surface area (Å²) >= 11 is 0. The summed E-state index contributed by atoms with van der Waals surface area (Å²) in [5.74, 6) is 1.50. The van der Waals surface area contributed by atoms with E-state index in [0.717, 1.165) is 32.2 Å². The van der Waals surface area contributed by atoms with Gasteiger partial charge in [-0.2, -0.15) is 0 Å². The lowest BCUT2D eigenvalue weighted by Crippen LogP contribution is -2.28. The number of rotatable bonds is 8. The first kappa shape index (κ1) is 13.9. The molecule has 0 saturated carbocycles. The summed E-state index contributed by atoms with van der Waals surface area (Å²) in [5.41, 5.74) is 0. The van der Waals surface area contributed by atoms with Crippen LogP contribution in [0.2, 0.25) is 0 Å². The Bertz CT molecular complexity index is 173. The first-order chi connectivity index (χ1) is 7.72. The normalized spacial score (nSPS) is 22.1. The third kappa shape index (κ3) is 5.83. The highest BCUT2D eigenvalue weighted by Gasteiger charge is 2.20. The van der Waals surface area contributed by atoms with Gasteiger partial charge in [-0.25, -0.2) is 0 Å². The van der Waals surface area contributed by atoms with E-state index in [1.165, 1.54) is 26.1 Å². The lowest BCUT2D eigenvalue weighted by Gasteiger charge is -2.14. The zero-order valence-corrected chi connectivity index (χ0v) is 11.2. The third-order valence-corrected chi connectivity index (χ3v) is 3.12. The molecule has 1 heterocycles. The van der Waals surface area contributed by atoms with Crippen LogP contribution in [0, 0.1) is 11.8 Å². The predicted molar refractivity (Wildman–Crippen MR) is 68.7 cm³/mol. The topological polar surface area (TPSA) is 24.5 Å². The van der Waals surface area contributed by atoms with Crippen LogP contribution in [0.1, 0.15) is 27.2 Å². The molecular formula is C13H28N2O. The molecule has 1 aliphatic heterocycles. The van der Waals surface area contributed by atoms with E-state index in [9.17, 15) is 0 Å². The molecule has 96 valence electrons. The number of hydrogen-bond donors (Lipinski definition) is 1. The average molecular weight is 228 g/mol. The second-order valence-electron chi connectivity index (χ2n) is 5.22. The summed E-state index contributed by atoms with van der Waals surface area (Å²) in [4.78, 5) is 2.53. The van der Waals surface area contributed by atoms with Crippen molar-refractivity contribution in [3.63, 3.8) is 0 Å². The predicted octanol–water partition coefficient (Wildman–Crippen LogP) is 1.59. The Morgan fingerprint density at radius 3 is 2.88 bits per heavy atom. The first-order valence-corrected chi connectivity index (χ1v) is 6.73. The maximum atomic E-state index is 5.53. The summed E-state index contributed by atoms with van der Waals surface area (Å²) in [6.07, 6.45) is 1.35. The molecule has 0 bridgehead atoms. The van der Waals surface area contributed by atoms with Crippen molar-refractivity contribution in [1.29, 1.82) is 0 Å². The van der Waals surface area contributed by atoms with Gasteiger partial charge in [-0.05, 0) is 37.9 Å². The molecule has 0 aromatic rings. The Labute approximate surface area is 101 Å². The van der Waals surface area contributed by atoms with Crippen molar-refractivity contribution in [3.05, 3.63) is 0 Å². The molecule has 1 aliphatic rings. The fraction of sp³-hybridized carbons (Fsp3) is 1.00. The van der Waals surface area contributed by atoms with Crippen LogP contribution in [-0.4, -0.2) is 50.8 Å². The zero-order valence-electron chi connectivity index (χ0n) is 11.2. The maximum Gasteiger partial charge on any atom is 0.0591 e. The van der Waals surface area contributed by atoms with E-state index in [-0.39, 0.29) is 0 Å². The summed E-state index contributed by atoms with van der Waals surface area (Å²) in [6.45, 7) is 14.3. The molecule has 1 N–H and O–H groups in total. The Hall–Kier alpha value is -0.120. The van der Waals surface area contributed by atoms with E-state index in [4.69, 9.17) is 4.74 Å². The van der Waals surface area contributed by atoms with Crippen LogP contribution < -0.4 is 5.32 Å². The van der Waals surface area contributed by atoms with Gasteiger partial charge >= 0.3 is 0 Å². The molecule has 0 radical (unpaired) electrons. The van der Waals surface area contributed by atoms with Crippen LogP contribution in [0.25, 0.3) is 0 Å². The van der Waals surface area contributed by atoms with Crippen molar-refractivity contribution in [3.8, 4) is 0 Å². The fourth-order valence-electron chi connectivity index (χ4n) is 2.14. The van der Waals surface area contributed by atoms with Crippen molar-refractivity contribution < 1.29 is 4.74 Å². The van der Waals surface area contributed by atoms with Crippen LogP contribution in [0.3, 0.4) is 0 Å². The molecule has 0 aromatic heterocycles. The Morgan fingerprint density at radius 2 is 2.25 bits per heavy atom. The summed E-state index contributed by atoms with van der Waals surface area (Å²) < 4.78 is 5.53. The molecule has 1 atom stereocenters. The second kappa shape index (κ2) is 8.04. The number of likely N-dealkylation sites (tertiary alicyclic amines) is 1. The molecule has 1 fully saturated rings. The van der Waals surface area contributed by atoms with Gasteiger partial charge in [0.25, 0.3) is 0 Å². The van der Waals surface area contributed by atoms with Crippen molar-refractivity contribution in [2.24, 2.45) is 11.8 Å². The van der Waals surface area contributed by atoms with Crippen molar-refractivity contribution in [1.82, 2.24) is 10.2 Å². The largest absolute Gasteiger partial charge is 0.380 e. The highest BCUT2D eigenvalue weighted by atomic mass is 16.5. The van der Waals surface area contributed by atoms with E-state index in [2.05, 4.69) is 31.0 Å². The monoisotopic (exact) mass is 228 g/mol. The van der Waals surface area contributed by atoms with E-state index >= 15 is 0 Å². The molecule has 0 aliphatic carbocycles. The van der Waals surface area contributed by atoms with E-state index in [1.54, 1.807) is 0 Å². The van der Waals surface area contributed by atoms with Gasteiger partial charge < -0.3 is 15.0 Å². The first-order valence-electron chi connectivity index (χ1n) is 6.73. The highest BCUT2D eigenvalue weighted by molar-refractivity contribution is 4.76. The van der Waals surface area contributed by atoms with Gasteiger partial charge in [0.15, 0.2) is 0 Å². The Balaban J connectivity index is 1.88. The number of nitrogens with zero attached hydrogens (tertiary/aromatic N) is 1. The molecule has 1 unspecified atom stereocenters. The molecule has 3 heteroatoms. The number of ether oxygens (including phenoxy) is 1. The van der Waals surface area contributed by atoms with E-state index < -0.39 is 0 Å². The average Bonchev–Trinajstić information content (AvgIpc) is 2.70. The van der Waals surface area contributed by atoms with E-state index in [0.29, 0.717) is 5.92 Å². The Kier molecular flexibility index (Phi) is 7.01. The van der Waals surface area contributed by atoms with Gasteiger partial charge in [0.2, 0.25) is 0 Å². The quantitative estimate of drug-likeness (QED) is 0.639. The smallest absolute Gasteiger partial charge is 0.0591 e. The molecule has 0 aromatic carbocycles. The van der Waals surface area contributed by atoms with Crippen LogP contribution in [0.5, 0.6) is 0 Å². The lowest BCUT2D eigenvalue weighted by molar-refractivity contribution is 0.111. The van der Waals surface area contributed by atoms with Gasteiger partial charge in [0.05, 0.1) is 6.61 Å². The van der Waals surface area contributed by atoms with Crippen molar-refractivity contribution in [2.45, 2.75) is 27.2 Å². The standard InChI is InChI=1S/C13H28N2O/c1-4-15-7-5-13(10-15)9-14-6-8-16-11-12(2)3/h12-14H,4-11H2,1-3H3. The molecule has 0 spiro atoms. The van der Waals surface area contributed by atoms with Crippen LogP contribution in [0.4, 0.5) is 0 Å². The number of hydrogen-bond acceptors (Lipinski definition) is 3. The van der Waals surface area contributed by atoms with E-state index in [1.807, 2.05) is 0 Å². The van der Waals surface area contributed by atoms with Crippen LogP contribution in [-0.2, 0) is 4.74 Å². The maximum absolute atomic E-state index is 5.53. The molecule has 1 rings (SSSR count). The third-order valence-electron chi connectivity index (χ3n) is 3.12. The summed E-state index contributed by atoms with van der Waals surface area (Å²) in [7, 11) is 0. The lowest BCUT2D eigenvalue weighted by atomic mass is 10.1. The minimum Gasteiger partial charge on any atom is -0.380 e. The number of nitrogens with one attached hydrogen (secondary N) is 1. The summed E-state index contributed by atoms with van der Waals surface area (Å²) in [5, 5.41) is 3.49. The van der Waals surface area contributed by atoms with Crippen molar-refractivity contribution >= 4 is 0 Å². The van der Waals surface area contributed by atoms with Gasteiger partial charge in [-0.3, -0.25) is 0 Å². The van der Waals surface area contributed by atoms with Gasteiger partial charge in [-0.1, -0.05) is 20.8 Å². The minimum absolute atomic E-state index is 0.646. The zero-order chi connectivity index (χ0) is 11.8. The highest BCUT2D eigenvalue weighted by Crippen LogP contribution is 2.14. The molecule has 0 amide bonds. The van der Waals surface area contributed by atoms with Crippen molar-refractivity contribution in [2.75, 3.05) is 45.9 Å². The minimum atomic E-state index is 0.646. The SMILES string of the molecule is CCN1CCC(CNCCOCC(C)C)C1. The molecule has 1 saturated heterocycles. The molecule has 16 heavy (non-hydrogen) atoms.